The number of hydrogen-bond donors (Lipinski definition) is 1. The molecular weight excluding hydrogens is 252 g/mol. The van der Waals surface area contributed by atoms with Crippen molar-refractivity contribution in [1.29, 1.82) is 0 Å². The number of nitrogens with two attached hydrogens (primary N) is 1. The van der Waals surface area contributed by atoms with Crippen LogP contribution < -0.4 is 15.2 Å². The standard InChI is InChI=1S/C16H28N2O2/c1-4-19-15-8-7-14(13-16(15)20-5-2)9-12-18(3)11-6-10-17/h7-8,13H,4-6,9-12,17H2,1-3H3. The van der Waals surface area contributed by atoms with Crippen molar-refractivity contribution in [2.24, 2.45) is 5.73 Å². The lowest BCUT2D eigenvalue weighted by Crippen LogP contribution is -2.24. The SMILES string of the molecule is CCOc1ccc(CCN(C)CCCN)cc1OCC. The summed E-state index contributed by atoms with van der Waals surface area (Å²) < 4.78 is 11.2. The van der Waals surface area contributed by atoms with E-state index in [0.717, 1.165) is 44.0 Å². The minimum Gasteiger partial charge on any atom is -0.490 e. The fraction of sp³-hybridized carbons (Fsp3) is 0.625. The second kappa shape index (κ2) is 9.61. The number of nitrogens with zero attached hydrogens (tertiary/aromatic N) is 1. The van der Waals surface area contributed by atoms with E-state index < -0.39 is 0 Å². The molecule has 0 spiro atoms. The van der Waals surface area contributed by atoms with E-state index in [0.29, 0.717) is 13.2 Å². The van der Waals surface area contributed by atoms with Crippen molar-refractivity contribution in [1.82, 2.24) is 4.90 Å². The van der Waals surface area contributed by atoms with Crippen LogP contribution in [0.4, 0.5) is 0 Å². The van der Waals surface area contributed by atoms with Crippen LogP contribution in [-0.2, 0) is 6.42 Å². The van der Waals surface area contributed by atoms with E-state index in [2.05, 4.69) is 24.1 Å². The van der Waals surface area contributed by atoms with Crippen LogP contribution in [0.1, 0.15) is 25.8 Å². The Balaban J connectivity index is 2.59. The Hall–Kier alpha value is -1.26. The van der Waals surface area contributed by atoms with Crippen molar-refractivity contribution in [3.05, 3.63) is 23.8 Å². The number of hydrogen-bond acceptors (Lipinski definition) is 4. The van der Waals surface area contributed by atoms with Crippen molar-refractivity contribution in [3.8, 4) is 11.5 Å². The summed E-state index contributed by atoms with van der Waals surface area (Å²) in [7, 11) is 2.13. The van der Waals surface area contributed by atoms with E-state index in [1.807, 2.05) is 19.9 Å². The summed E-state index contributed by atoms with van der Waals surface area (Å²) in [6, 6.07) is 6.21. The first-order chi connectivity index (χ1) is 9.71. The molecule has 0 aromatic heterocycles. The molecule has 4 nitrogen and oxygen atoms in total. The third-order valence-electron chi connectivity index (χ3n) is 3.13. The molecule has 1 aromatic rings. The third-order valence-corrected chi connectivity index (χ3v) is 3.13. The lowest BCUT2D eigenvalue weighted by Gasteiger charge is -2.17. The van der Waals surface area contributed by atoms with Gasteiger partial charge in [-0.2, -0.15) is 0 Å². The van der Waals surface area contributed by atoms with Crippen LogP contribution in [-0.4, -0.2) is 44.8 Å². The van der Waals surface area contributed by atoms with Gasteiger partial charge in [0.05, 0.1) is 13.2 Å². The fourth-order valence-corrected chi connectivity index (χ4v) is 2.04. The quantitative estimate of drug-likeness (QED) is 0.714. The molecule has 20 heavy (non-hydrogen) atoms. The minimum atomic E-state index is 0.653. The summed E-state index contributed by atoms with van der Waals surface area (Å²) >= 11 is 0. The Morgan fingerprint density at radius 3 is 2.40 bits per heavy atom. The molecule has 0 bridgehead atoms. The van der Waals surface area contributed by atoms with Crippen LogP contribution in [0.5, 0.6) is 11.5 Å². The van der Waals surface area contributed by atoms with Gasteiger partial charge >= 0.3 is 0 Å². The normalized spacial score (nSPS) is 10.8. The molecule has 114 valence electrons. The maximum atomic E-state index is 5.65. The van der Waals surface area contributed by atoms with Gasteiger partial charge in [-0.15, -0.1) is 0 Å². The molecule has 0 radical (unpaired) electrons. The summed E-state index contributed by atoms with van der Waals surface area (Å²) in [5, 5.41) is 0. The number of likely N-dealkylation sites (N-methyl/N-ethyl adjacent to an activating group) is 1. The molecule has 4 heteroatoms. The molecule has 0 amide bonds. The zero-order chi connectivity index (χ0) is 14.8. The van der Waals surface area contributed by atoms with E-state index in [9.17, 15) is 0 Å². The van der Waals surface area contributed by atoms with Crippen molar-refractivity contribution < 1.29 is 9.47 Å². The Kier molecular flexibility index (Phi) is 8.07. The first-order valence-corrected chi connectivity index (χ1v) is 7.48. The Bertz CT molecular complexity index is 383. The van der Waals surface area contributed by atoms with E-state index in [1.54, 1.807) is 0 Å². The Labute approximate surface area is 122 Å². The molecule has 1 rings (SSSR count). The van der Waals surface area contributed by atoms with Crippen molar-refractivity contribution in [2.45, 2.75) is 26.7 Å². The predicted octanol–water partition coefficient (Wildman–Crippen LogP) is 2.31. The van der Waals surface area contributed by atoms with Gasteiger partial charge in [0.1, 0.15) is 0 Å². The van der Waals surface area contributed by atoms with Gasteiger partial charge in [0.2, 0.25) is 0 Å². The van der Waals surface area contributed by atoms with Gasteiger partial charge in [-0.1, -0.05) is 6.07 Å². The highest BCUT2D eigenvalue weighted by atomic mass is 16.5. The van der Waals surface area contributed by atoms with Gasteiger partial charge in [-0.3, -0.25) is 0 Å². The first kappa shape index (κ1) is 16.8. The molecule has 0 heterocycles. The summed E-state index contributed by atoms with van der Waals surface area (Å²) in [5.74, 6) is 1.67. The molecule has 0 aliphatic carbocycles. The highest BCUT2D eigenvalue weighted by Gasteiger charge is 2.07. The first-order valence-electron chi connectivity index (χ1n) is 7.48. The largest absolute Gasteiger partial charge is 0.490 e. The van der Waals surface area contributed by atoms with Gasteiger partial charge in [0, 0.05) is 6.54 Å². The van der Waals surface area contributed by atoms with Crippen molar-refractivity contribution >= 4 is 0 Å². The minimum absolute atomic E-state index is 0.653. The van der Waals surface area contributed by atoms with Crippen LogP contribution in [0, 0.1) is 0 Å². The van der Waals surface area contributed by atoms with Gasteiger partial charge in [0.15, 0.2) is 11.5 Å². The molecule has 0 saturated heterocycles. The average molecular weight is 280 g/mol. The van der Waals surface area contributed by atoms with Crippen molar-refractivity contribution in [2.75, 3.05) is 39.9 Å². The van der Waals surface area contributed by atoms with E-state index in [-0.39, 0.29) is 0 Å². The van der Waals surface area contributed by atoms with Crippen LogP contribution >= 0.6 is 0 Å². The smallest absolute Gasteiger partial charge is 0.161 e. The van der Waals surface area contributed by atoms with Gasteiger partial charge in [-0.05, 0) is 64.5 Å². The van der Waals surface area contributed by atoms with E-state index in [4.69, 9.17) is 15.2 Å². The van der Waals surface area contributed by atoms with Crippen LogP contribution in [0.3, 0.4) is 0 Å². The third kappa shape index (κ3) is 5.80. The summed E-state index contributed by atoms with van der Waals surface area (Å²) in [6.07, 6.45) is 2.05. The molecule has 0 aliphatic rings. The Morgan fingerprint density at radius 1 is 1.05 bits per heavy atom. The van der Waals surface area contributed by atoms with Crippen molar-refractivity contribution in [3.63, 3.8) is 0 Å². The summed E-state index contributed by atoms with van der Waals surface area (Å²) in [6.45, 7) is 8.10. The monoisotopic (exact) mass is 280 g/mol. The van der Waals surface area contributed by atoms with Gasteiger partial charge < -0.3 is 20.1 Å². The maximum Gasteiger partial charge on any atom is 0.161 e. The zero-order valence-corrected chi connectivity index (χ0v) is 13.0. The lowest BCUT2D eigenvalue weighted by molar-refractivity contribution is 0.287. The van der Waals surface area contributed by atoms with Crippen LogP contribution in [0.15, 0.2) is 18.2 Å². The summed E-state index contributed by atoms with van der Waals surface area (Å²) in [5.41, 5.74) is 6.80. The van der Waals surface area contributed by atoms with Crippen LogP contribution in [0.2, 0.25) is 0 Å². The Morgan fingerprint density at radius 2 is 1.75 bits per heavy atom. The molecule has 0 aliphatic heterocycles. The second-order valence-electron chi connectivity index (χ2n) is 4.84. The number of benzene rings is 1. The van der Waals surface area contributed by atoms with E-state index in [1.165, 1.54) is 5.56 Å². The van der Waals surface area contributed by atoms with Gasteiger partial charge in [0.25, 0.3) is 0 Å². The summed E-state index contributed by atoms with van der Waals surface area (Å²) in [4.78, 5) is 2.31. The molecule has 0 fully saturated rings. The molecule has 0 saturated carbocycles. The molecule has 0 atom stereocenters. The fourth-order valence-electron chi connectivity index (χ4n) is 2.04. The highest BCUT2D eigenvalue weighted by Crippen LogP contribution is 2.28. The molecule has 2 N–H and O–H groups in total. The van der Waals surface area contributed by atoms with Gasteiger partial charge in [-0.25, -0.2) is 0 Å². The lowest BCUT2D eigenvalue weighted by atomic mass is 10.1. The zero-order valence-electron chi connectivity index (χ0n) is 13.0. The average Bonchev–Trinajstić information content (AvgIpc) is 2.45. The second-order valence-corrected chi connectivity index (χ2v) is 4.84. The number of rotatable bonds is 10. The topological polar surface area (TPSA) is 47.7 Å². The highest BCUT2D eigenvalue weighted by molar-refractivity contribution is 5.43. The number of ether oxygens (including phenoxy) is 2. The molecular formula is C16H28N2O2. The van der Waals surface area contributed by atoms with Crippen LogP contribution in [0.25, 0.3) is 0 Å². The maximum absolute atomic E-state index is 5.65. The molecule has 0 unspecified atom stereocenters. The molecule has 1 aromatic carbocycles. The predicted molar refractivity (Wildman–Crippen MR) is 83.7 cm³/mol. The van der Waals surface area contributed by atoms with E-state index >= 15 is 0 Å².